The minimum absolute atomic E-state index is 0.0780. The summed E-state index contributed by atoms with van der Waals surface area (Å²) in [6.07, 6.45) is 5.87. The zero-order valence-corrected chi connectivity index (χ0v) is 16.4. The average molecular weight is 394 g/mol. The number of likely N-dealkylation sites (tertiary alicyclic amines) is 1. The van der Waals surface area contributed by atoms with Crippen molar-refractivity contribution in [2.45, 2.75) is 38.0 Å². The van der Waals surface area contributed by atoms with Gasteiger partial charge in [-0.15, -0.1) is 0 Å². The van der Waals surface area contributed by atoms with E-state index in [0.29, 0.717) is 24.6 Å². The van der Waals surface area contributed by atoms with Gasteiger partial charge in [-0.1, -0.05) is 30.3 Å². The minimum atomic E-state index is -0.0780. The lowest BCUT2D eigenvalue weighted by molar-refractivity contribution is -0.0663. The van der Waals surface area contributed by atoms with Gasteiger partial charge in [0.1, 0.15) is 11.3 Å². The predicted molar refractivity (Wildman–Crippen MR) is 109 cm³/mol. The van der Waals surface area contributed by atoms with E-state index < -0.39 is 0 Å². The van der Waals surface area contributed by atoms with E-state index in [4.69, 9.17) is 9.47 Å². The molecule has 5 rings (SSSR count). The van der Waals surface area contributed by atoms with Crippen LogP contribution in [0.25, 0.3) is 5.52 Å². The highest BCUT2D eigenvalue weighted by Gasteiger charge is 2.28. The molecule has 152 valence electrons. The fourth-order valence-corrected chi connectivity index (χ4v) is 4.20. The summed E-state index contributed by atoms with van der Waals surface area (Å²) >= 11 is 0. The maximum absolute atomic E-state index is 12.5. The number of rotatable bonds is 6. The van der Waals surface area contributed by atoms with Gasteiger partial charge >= 0.3 is 0 Å². The standard InChI is InChI=1S/C22H26N4O3/c27-22-20-10-23-21(17-6-8-28-9-7-17)26(20)12-18(24-22)11-25-13-19(14-25)29-15-16-4-2-1-3-5-16/h1-5,10,12,17,19H,6-9,11,13-15H2,(H,24,27). The molecule has 3 aromatic rings. The van der Waals surface area contributed by atoms with E-state index in [-0.39, 0.29) is 11.7 Å². The molecule has 1 aromatic carbocycles. The molecule has 7 heteroatoms. The van der Waals surface area contributed by atoms with Gasteiger partial charge in [0.2, 0.25) is 0 Å². The monoisotopic (exact) mass is 394 g/mol. The summed E-state index contributed by atoms with van der Waals surface area (Å²) in [5.74, 6) is 1.32. The first kappa shape index (κ1) is 18.5. The van der Waals surface area contributed by atoms with Crippen molar-refractivity contribution in [1.29, 1.82) is 0 Å². The quantitative estimate of drug-likeness (QED) is 0.695. The van der Waals surface area contributed by atoms with E-state index in [2.05, 4.69) is 27.0 Å². The summed E-state index contributed by atoms with van der Waals surface area (Å²) in [4.78, 5) is 22.4. The number of nitrogens with zero attached hydrogens (tertiary/aromatic N) is 3. The van der Waals surface area contributed by atoms with Crippen LogP contribution >= 0.6 is 0 Å². The van der Waals surface area contributed by atoms with Crippen LogP contribution in [0.3, 0.4) is 0 Å². The molecule has 0 amide bonds. The molecule has 0 aliphatic carbocycles. The van der Waals surface area contributed by atoms with E-state index in [1.165, 1.54) is 5.56 Å². The average Bonchev–Trinajstić information content (AvgIpc) is 3.15. The van der Waals surface area contributed by atoms with E-state index in [0.717, 1.165) is 50.7 Å². The van der Waals surface area contributed by atoms with Crippen LogP contribution in [0.15, 0.2) is 47.5 Å². The number of benzene rings is 1. The number of hydrogen-bond acceptors (Lipinski definition) is 5. The van der Waals surface area contributed by atoms with Crippen molar-refractivity contribution in [3.8, 4) is 0 Å². The number of H-pyrrole nitrogens is 1. The second-order valence-corrected chi connectivity index (χ2v) is 7.98. The predicted octanol–water partition coefficient (Wildman–Crippen LogP) is 2.32. The summed E-state index contributed by atoms with van der Waals surface area (Å²) in [5, 5.41) is 0. The molecule has 2 fully saturated rings. The largest absolute Gasteiger partial charge is 0.381 e. The highest BCUT2D eigenvalue weighted by molar-refractivity contribution is 5.44. The lowest BCUT2D eigenvalue weighted by atomic mass is 10.00. The molecule has 2 aromatic heterocycles. The smallest absolute Gasteiger partial charge is 0.274 e. The first-order chi connectivity index (χ1) is 14.3. The van der Waals surface area contributed by atoms with E-state index >= 15 is 0 Å². The zero-order valence-electron chi connectivity index (χ0n) is 16.4. The summed E-state index contributed by atoms with van der Waals surface area (Å²) < 4.78 is 13.4. The maximum atomic E-state index is 12.5. The van der Waals surface area contributed by atoms with Gasteiger partial charge in [0.15, 0.2) is 0 Å². The molecule has 0 spiro atoms. The fraction of sp³-hybridized carbons (Fsp3) is 0.455. The highest BCUT2D eigenvalue weighted by atomic mass is 16.5. The third-order valence-electron chi connectivity index (χ3n) is 5.85. The Morgan fingerprint density at radius 3 is 2.76 bits per heavy atom. The Labute approximate surface area is 169 Å². The van der Waals surface area contributed by atoms with Crippen molar-refractivity contribution in [1.82, 2.24) is 19.3 Å². The van der Waals surface area contributed by atoms with Gasteiger partial charge < -0.3 is 14.5 Å². The van der Waals surface area contributed by atoms with Crippen molar-refractivity contribution < 1.29 is 9.47 Å². The topological polar surface area (TPSA) is 71.9 Å². The molecule has 0 saturated carbocycles. The Morgan fingerprint density at radius 1 is 1.17 bits per heavy atom. The molecular formula is C22H26N4O3. The summed E-state index contributed by atoms with van der Waals surface area (Å²) in [5.41, 5.74) is 2.64. The Kier molecular flexibility index (Phi) is 5.18. The molecule has 29 heavy (non-hydrogen) atoms. The third-order valence-corrected chi connectivity index (χ3v) is 5.85. The molecule has 0 unspecified atom stereocenters. The Morgan fingerprint density at radius 2 is 1.97 bits per heavy atom. The lowest BCUT2D eigenvalue weighted by Crippen LogP contribution is -2.51. The third kappa shape index (κ3) is 3.99. The molecule has 1 N–H and O–H groups in total. The van der Waals surface area contributed by atoms with Crippen LogP contribution in [0.1, 0.15) is 35.8 Å². The highest BCUT2D eigenvalue weighted by Crippen LogP contribution is 2.26. The molecule has 2 saturated heterocycles. The van der Waals surface area contributed by atoms with Crippen LogP contribution in [0.2, 0.25) is 0 Å². The Hall–Kier alpha value is -2.48. The maximum Gasteiger partial charge on any atom is 0.274 e. The Bertz CT molecular complexity index is 1020. The molecule has 0 atom stereocenters. The van der Waals surface area contributed by atoms with Gasteiger partial charge in [-0.05, 0) is 18.4 Å². The second-order valence-electron chi connectivity index (χ2n) is 7.98. The van der Waals surface area contributed by atoms with Gasteiger partial charge in [-0.25, -0.2) is 4.98 Å². The molecule has 2 aliphatic rings. The lowest BCUT2D eigenvalue weighted by Gasteiger charge is -2.38. The van der Waals surface area contributed by atoms with Crippen molar-refractivity contribution >= 4 is 5.52 Å². The number of aromatic amines is 1. The van der Waals surface area contributed by atoms with E-state index in [1.54, 1.807) is 6.20 Å². The number of ether oxygens (including phenoxy) is 2. The first-order valence-electron chi connectivity index (χ1n) is 10.3. The zero-order chi connectivity index (χ0) is 19.6. The minimum Gasteiger partial charge on any atom is -0.381 e. The van der Waals surface area contributed by atoms with Crippen LogP contribution in [0.4, 0.5) is 0 Å². The Balaban J connectivity index is 1.23. The molecule has 0 bridgehead atoms. The first-order valence-corrected chi connectivity index (χ1v) is 10.3. The summed E-state index contributed by atoms with van der Waals surface area (Å²) in [6, 6.07) is 10.2. The molecule has 4 heterocycles. The van der Waals surface area contributed by atoms with E-state index in [1.807, 2.05) is 28.8 Å². The second kappa shape index (κ2) is 8.10. The number of hydrogen-bond donors (Lipinski definition) is 1. The van der Waals surface area contributed by atoms with Crippen LogP contribution in [0.5, 0.6) is 0 Å². The van der Waals surface area contributed by atoms with Crippen LogP contribution in [-0.2, 0) is 22.6 Å². The molecule has 2 aliphatic heterocycles. The van der Waals surface area contributed by atoms with Gasteiger partial charge in [-0.2, -0.15) is 0 Å². The molecule has 7 nitrogen and oxygen atoms in total. The SMILES string of the molecule is O=c1[nH]c(CN2CC(OCc3ccccc3)C2)cn2c(C3CCOCC3)ncc12. The summed E-state index contributed by atoms with van der Waals surface area (Å²) in [6.45, 7) is 4.63. The van der Waals surface area contributed by atoms with Crippen LogP contribution in [0, 0.1) is 0 Å². The van der Waals surface area contributed by atoms with Gasteiger partial charge in [-0.3, -0.25) is 14.1 Å². The normalized spacial score (nSPS) is 18.9. The fourth-order valence-electron chi connectivity index (χ4n) is 4.20. The summed E-state index contributed by atoms with van der Waals surface area (Å²) in [7, 11) is 0. The van der Waals surface area contributed by atoms with Gasteiger partial charge in [0.05, 0.1) is 18.9 Å². The molecule has 0 radical (unpaired) electrons. The van der Waals surface area contributed by atoms with E-state index in [9.17, 15) is 4.79 Å². The van der Waals surface area contributed by atoms with Crippen molar-refractivity contribution in [3.05, 3.63) is 70.2 Å². The van der Waals surface area contributed by atoms with Gasteiger partial charge in [0, 0.05) is 50.7 Å². The van der Waals surface area contributed by atoms with Crippen molar-refractivity contribution in [2.75, 3.05) is 26.3 Å². The van der Waals surface area contributed by atoms with Crippen molar-refractivity contribution in [3.63, 3.8) is 0 Å². The van der Waals surface area contributed by atoms with Crippen LogP contribution < -0.4 is 5.56 Å². The number of fused-ring (bicyclic) bond motifs is 1. The van der Waals surface area contributed by atoms with Crippen LogP contribution in [-0.4, -0.2) is 51.7 Å². The number of nitrogens with one attached hydrogen (secondary N) is 1. The number of imidazole rings is 1. The van der Waals surface area contributed by atoms with Gasteiger partial charge in [0.25, 0.3) is 5.56 Å². The molecular weight excluding hydrogens is 368 g/mol. The van der Waals surface area contributed by atoms with Crippen molar-refractivity contribution in [2.24, 2.45) is 0 Å². The number of aromatic nitrogens is 3.